The number of carbonyl (C=O) groups is 1. The topological polar surface area (TPSA) is 63.4 Å². The van der Waals surface area contributed by atoms with Crippen LogP contribution in [-0.4, -0.2) is 10.8 Å². The number of benzene rings is 3. The number of para-hydroxylation sites is 1. The van der Waals surface area contributed by atoms with Crippen molar-refractivity contribution in [2.24, 2.45) is 0 Å². The zero-order valence-corrected chi connectivity index (χ0v) is 15.9. The number of hydrogen-bond acceptors (Lipinski definition) is 3. The first-order valence-corrected chi connectivity index (χ1v) is 9.24. The molecule has 0 atom stereocenters. The van der Waals surface area contributed by atoms with Crippen molar-refractivity contribution in [3.05, 3.63) is 117 Å². The van der Waals surface area contributed by atoms with Gasteiger partial charge in [-0.2, -0.15) is 0 Å². The average molecular weight is 403 g/mol. The zero-order valence-electron chi connectivity index (χ0n) is 15.2. The molecule has 0 bridgehead atoms. The van der Waals surface area contributed by atoms with Crippen LogP contribution in [-0.2, 0) is 4.79 Å². The van der Waals surface area contributed by atoms with Crippen molar-refractivity contribution in [2.45, 2.75) is 0 Å². The van der Waals surface area contributed by atoms with Crippen LogP contribution in [0.4, 0.5) is 11.4 Å². The fraction of sp³-hybridized carbons (Fsp3) is 0. The standard InChI is InChI=1S/C23H15ClN2O3/c24-20-8-4-5-9-21(20)25-22(17-6-2-1-3-7-17)15-18(23(25)27)14-16-10-12-19(13-11-16)26(28)29/h1-15H/b18-14+. The summed E-state index contributed by atoms with van der Waals surface area (Å²) in [5.74, 6) is -0.213. The van der Waals surface area contributed by atoms with Crippen LogP contribution < -0.4 is 4.90 Å². The number of nitro groups is 1. The van der Waals surface area contributed by atoms with Crippen LogP contribution in [0.2, 0.25) is 5.02 Å². The van der Waals surface area contributed by atoms with Gasteiger partial charge in [-0.1, -0.05) is 54.1 Å². The Balaban J connectivity index is 1.80. The van der Waals surface area contributed by atoms with E-state index in [0.717, 1.165) is 11.3 Å². The fourth-order valence-corrected chi connectivity index (χ4v) is 3.40. The van der Waals surface area contributed by atoms with Gasteiger partial charge in [0, 0.05) is 17.7 Å². The largest absolute Gasteiger partial charge is 0.275 e. The molecule has 4 rings (SSSR count). The first kappa shape index (κ1) is 18.7. The summed E-state index contributed by atoms with van der Waals surface area (Å²) in [5, 5.41) is 11.3. The number of carbonyl (C=O) groups excluding carboxylic acids is 1. The maximum atomic E-state index is 13.3. The molecule has 1 amide bonds. The first-order valence-electron chi connectivity index (χ1n) is 8.87. The van der Waals surface area contributed by atoms with Crippen molar-refractivity contribution in [1.82, 2.24) is 0 Å². The molecular formula is C23H15ClN2O3. The Hall–Kier alpha value is -3.70. The van der Waals surface area contributed by atoms with Crippen molar-refractivity contribution >= 4 is 40.7 Å². The molecule has 3 aromatic rings. The third kappa shape index (κ3) is 3.68. The van der Waals surface area contributed by atoms with E-state index in [1.807, 2.05) is 48.5 Å². The summed E-state index contributed by atoms with van der Waals surface area (Å²) in [6, 6.07) is 22.8. The van der Waals surface area contributed by atoms with Crippen LogP contribution in [0.1, 0.15) is 11.1 Å². The molecule has 0 saturated heterocycles. The molecule has 3 aromatic carbocycles. The van der Waals surface area contributed by atoms with Gasteiger partial charge in [-0.3, -0.25) is 19.8 Å². The van der Waals surface area contributed by atoms with Crippen LogP contribution in [0.5, 0.6) is 0 Å². The maximum Gasteiger partial charge on any atom is 0.269 e. The minimum Gasteiger partial charge on any atom is -0.275 e. The number of nitrogens with zero attached hydrogens (tertiary/aromatic N) is 2. The second-order valence-electron chi connectivity index (χ2n) is 6.44. The summed E-state index contributed by atoms with van der Waals surface area (Å²) in [7, 11) is 0. The zero-order chi connectivity index (χ0) is 20.4. The quantitative estimate of drug-likeness (QED) is 0.318. The predicted octanol–water partition coefficient (Wildman–Crippen LogP) is 5.72. The summed E-state index contributed by atoms with van der Waals surface area (Å²) in [6.45, 7) is 0. The van der Waals surface area contributed by atoms with E-state index in [9.17, 15) is 14.9 Å². The van der Waals surface area contributed by atoms with E-state index in [2.05, 4.69) is 0 Å². The lowest BCUT2D eigenvalue weighted by atomic mass is 10.1. The van der Waals surface area contributed by atoms with Gasteiger partial charge >= 0.3 is 0 Å². The van der Waals surface area contributed by atoms with Gasteiger partial charge in [0.15, 0.2) is 0 Å². The number of rotatable bonds is 4. The Morgan fingerprint density at radius 3 is 2.21 bits per heavy atom. The van der Waals surface area contributed by atoms with Crippen LogP contribution >= 0.6 is 11.6 Å². The summed E-state index contributed by atoms with van der Waals surface area (Å²) in [5.41, 5.74) is 3.37. The minimum absolute atomic E-state index is 0.00288. The molecule has 0 aromatic heterocycles. The molecule has 0 N–H and O–H groups in total. The second-order valence-corrected chi connectivity index (χ2v) is 6.84. The van der Waals surface area contributed by atoms with E-state index in [4.69, 9.17) is 11.6 Å². The molecule has 1 aliphatic rings. The molecule has 0 fully saturated rings. The summed E-state index contributed by atoms with van der Waals surface area (Å²) in [6.07, 6.45) is 3.52. The second kappa shape index (κ2) is 7.73. The molecule has 5 nitrogen and oxygen atoms in total. The first-order chi connectivity index (χ1) is 14.0. The normalized spacial score (nSPS) is 14.9. The van der Waals surface area contributed by atoms with Crippen molar-refractivity contribution in [2.75, 3.05) is 4.90 Å². The molecule has 0 radical (unpaired) electrons. The van der Waals surface area contributed by atoms with E-state index in [0.29, 0.717) is 21.8 Å². The average Bonchev–Trinajstić information content (AvgIpc) is 3.05. The van der Waals surface area contributed by atoms with Gasteiger partial charge in [0.1, 0.15) is 0 Å². The highest BCUT2D eigenvalue weighted by Gasteiger charge is 2.31. The van der Waals surface area contributed by atoms with E-state index in [1.165, 1.54) is 12.1 Å². The third-order valence-electron chi connectivity index (χ3n) is 4.57. The molecule has 0 aliphatic carbocycles. The van der Waals surface area contributed by atoms with Gasteiger partial charge in [-0.15, -0.1) is 0 Å². The van der Waals surface area contributed by atoms with Crippen LogP contribution in [0.25, 0.3) is 11.8 Å². The Morgan fingerprint density at radius 1 is 0.897 bits per heavy atom. The number of anilines is 1. The maximum absolute atomic E-state index is 13.3. The molecule has 142 valence electrons. The lowest BCUT2D eigenvalue weighted by molar-refractivity contribution is -0.384. The summed E-state index contributed by atoms with van der Waals surface area (Å²) < 4.78 is 0. The lowest BCUT2D eigenvalue weighted by Gasteiger charge is -2.21. The fourth-order valence-electron chi connectivity index (χ4n) is 3.18. The van der Waals surface area contributed by atoms with E-state index in [-0.39, 0.29) is 11.6 Å². The summed E-state index contributed by atoms with van der Waals surface area (Å²) in [4.78, 5) is 25.2. The molecule has 0 spiro atoms. The molecule has 0 unspecified atom stereocenters. The Labute approximate surface area is 172 Å². The third-order valence-corrected chi connectivity index (χ3v) is 4.89. The van der Waals surface area contributed by atoms with Gasteiger partial charge in [0.05, 0.1) is 21.3 Å². The van der Waals surface area contributed by atoms with Crippen molar-refractivity contribution in [1.29, 1.82) is 0 Å². The van der Waals surface area contributed by atoms with Gasteiger partial charge in [-0.05, 0) is 47.5 Å². The van der Waals surface area contributed by atoms with Gasteiger partial charge in [0.2, 0.25) is 0 Å². The van der Waals surface area contributed by atoms with Crippen LogP contribution in [0.15, 0.2) is 90.5 Å². The van der Waals surface area contributed by atoms with Gasteiger partial charge in [0.25, 0.3) is 11.6 Å². The van der Waals surface area contributed by atoms with Crippen molar-refractivity contribution in [3.63, 3.8) is 0 Å². The highest BCUT2D eigenvalue weighted by atomic mass is 35.5. The number of non-ortho nitro benzene ring substituents is 1. The number of nitro benzene ring substituents is 1. The Bertz CT molecular complexity index is 1150. The van der Waals surface area contributed by atoms with Crippen molar-refractivity contribution in [3.8, 4) is 0 Å². The van der Waals surface area contributed by atoms with E-state index >= 15 is 0 Å². The molecule has 29 heavy (non-hydrogen) atoms. The highest BCUT2D eigenvalue weighted by molar-refractivity contribution is 6.35. The smallest absolute Gasteiger partial charge is 0.269 e. The highest BCUT2D eigenvalue weighted by Crippen LogP contribution is 2.38. The summed E-state index contributed by atoms with van der Waals surface area (Å²) >= 11 is 6.37. The van der Waals surface area contributed by atoms with E-state index < -0.39 is 4.92 Å². The number of amides is 1. The van der Waals surface area contributed by atoms with E-state index in [1.54, 1.807) is 35.2 Å². The minimum atomic E-state index is -0.454. The molecular weight excluding hydrogens is 388 g/mol. The Kier molecular flexibility index (Phi) is 4.97. The van der Waals surface area contributed by atoms with Gasteiger partial charge < -0.3 is 0 Å². The monoisotopic (exact) mass is 402 g/mol. The Morgan fingerprint density at radius 2 is 1.55 bits per heavy atom. The number of halogens is 1. The van der Waals surface area contributed by atoms with Crippen molar-refractivity contribution < 1.29 is 9.72 Å². The van der Waals surface area contributed by atoms with Crippen LogP contribution in [0.3, 0.4) is 0 Å². The number of hydrogen-bond donors (Lipinski definition) is 0. The molecule has 1 aliphatic heterocycles. The van der Waals surface area contributed by atoms with Crippen LogP contribution in [0, 0.1) is 10.1 Å². The SMILES string of the molecule is O=C1/C(=C/c2ccc([N+](=O)[O-])cc2)C=C(c2ccccc2)N1c1ccccc1Cl. The molecule has 0 saturated carbocycles. The lowest BCUT2D eigenvalue weighted by Crippen LogP contribution is -2.25. The molecule has 1 heterocycles. The van der Waals surface area contributed by atoms with Gasteiger partial charge in [-0.25, -0.2) is 0 Å². The molecule has 6 heteroatoms. The predicted molar refractivity (Wildman–Crippen MR) is 114 cm³/mol.